The van der Waals surface area contributed by atoms with E-state index in [1.165, 1.54) is 0 Å². The summed E-state index contributed by atoms with van der Waals surface area (Å²) >= 11 is 0. The third kappa shape index (κ3) is 4.20. The normalized spacial score (nSPS) is 18.4. The van der Waals surface area contributed by atoms with Gasteiger partial charge >= 0.3 is 6.03 Å². The Morgan fingerprint density at radius 1 is 1.45 bits per heavy atom. The summed E-state index contributed by atoms with van der Waals surface area (Å²) in [7, 11) is 0. The van der Waals surface area contributed by atoms with Crippen molar-refractivity contribution in [2.24, 2.45) is 11.1 Å². The molecule has 1 fully saturated rings. The zero-order chi connectivity index (χ0) is 16.0. The van der Waals surface area contributed by atoms with E-state index in [1.807, 2.05) is 17.7 Å². The molecule has 1 aromatic rings. The highest BCUT2D eigenvalue weighted by Gasteiger charge is 2.38. The van der Waals surface area contributed by atoms with Crippen LogP contribution in [0, 0.1) is 5.41 Å². The Hall–Kier alpha value is -2.09. The first-order valence-corrected chi connectivity index (χ1v) is 7.40. The van der Waals surface area contributed by atoms with Crippen molar-refractivity contribution in [3.63, 3.8) is 0 Å². The van der Waals surface area contributed by atoms with Gasteiger partial charge in [0.2, 0.25) is 5.91 Å². The van der Waals surface area contributed by atoms with Crippen molar-refractivity contribution in [3.05, 3.63) is 18.7 Å². The van der Waals surface area contributed by atoms with E-state index in [-0.39, 0.29) is 24.5 Å². The van der Waals surface area contributed by atoms with Crippen LogP contribution in [0.2, 0.25) is 0 Å². The molecule has 0 bridgehead atoms. The monoisotopic (exact) mass is 309 g/mol. The molecule has 0 aliphatic carbocycles. The summed E-state index contributed by atoms with van der Waals surface area (Å²) in [4.78, 5) is 27.6. The topological polar surface area (TPSA) is 111 Å². The summed E-state index contributed by atoms with van der Waals surface area (Å²) < 4.78 is 7.14. The van der Waals surface area contributed by atoms with Crippen LogP contribution >= 0.6 is 0 Å². The lowest BCUT2D eigenvalue weighted by Gasteiger charge is -2.34. The number of amides is 3. The number of aromatic nitrogens is 2. The van der Waals surface area contributed by atoms with Gasteiger partial charge in [0.05, 0.1) is 11.7 Å². The van der Waals surface area contributed by atoms with Crippen LogP contribution in [0.25, 0.3) is 0 Å². The van der Waals surface area contributed by atoms with E-state index < -0.39 is 5.41 Å². The number of rotatable bonds is 6. The summed E-state index contributed by atoms with van der Waals surface area (Å²) in [5.41, 5.74) is 4.80. The van der Waals surface area contributed by atoms with Crippen molar-refractivity contribution >= 4 is 11.9 Å². The van der Waals surface area contributed by atoms with Crippen molar-refractivity contribution in [2.45, 2.75) is 32.4 Å². The number of hydrogen-bond acceptors (Lipinski definition) is 4. The van der Waals surface area contributed by atoms with Gasteiger partial charge in [0.15, 0.2) is 0 Å². The van der Waals surface area contributed by atoms with Gasteiger partial charge in [-0.3, -0.25) is 4.79 Å². The molecule has 0 saturated carbocycles. The van der Waals surface area contributed by atoms with Crippen LogP contribution in [0.5, 0.6) is 0 Å². The maximum atomic E-state index is 12.0. The molecule has 1 atom stereocenters. The summed E-state index contributed by atoms with van der Waals surface area (Å²) in [5.74, 6) is -0.387. The minimum absolute atomic E-state index is 0.0617. The second-order valence-electron chi connectivity index (χ2n) is 5.74. The highest BCUT2D eigenvalue weighted by molar-refractivity contribution is 5.82. The number of carbonyl (C=O) groups is 2. The smallest absolute Gasteiger partial charge is 0.315 e. The Balaban J connectivity index is 1.79. The van der Waals surface area contributed by atoms with Crippen molar-refractivity contribution in [1.29, 1.82) is 0 Å². The molecule has 0 aromatic carbocycles. The first kappa shape index (κ1) is 16.3. The Bertz CT molecular complexity index is 497. The molecule has 2 heterocycles. The number of nitrogens with zero attached hydrogens (tertiary/aromatic N) is 2. The molecular weight excluding hydrogens is 286 g/mol. The van der Waals surface area contributed by atoms with Gasteiger partial charge in [0, 0.05) is 44.7 Å². The fraction of sp³-hybridized carbons (Fsp3) is 0.643. The lowest BCUT2D eigenvalue weighted by Crippen LogP contribution is -2.52. The maximum Gasteiger partial charge on any atom is 0.315 e. The highest BCUT2D eigenvalue weighted by atomic mass is 16.5. The molecule has 0 radical (unpaired) electrons. The van der Waals surface area contributed by atoms with Gasteiger partial charge in [0.25, 0.3) is 0 Å². The molecule has 1 aliphatic heterocycles. The standard InChI is InChI=1S/C14H23N5O3/c1-11(8-19-5-4-16-10-19)18-13(21)17-9-14(12(15)20)2-6-22-7-3-14/h4-5,10-11H,2-3,6-9H2,1H3,(H2,15,20)(H2,17,18,21)/t11-/m1/s1. The van der Waals surface area contributed by atoms with Crippen LogP contribution in [0.1, 0.15) is 19.8 Å². The predicted octanol–water partition coefficient (Wildman–Crippen LogP) is -0.147. The van der Waals surface area contributed by atoms with Gasteiger partial charge in [-0.05, 0) is 19.8 Å². The van der Waals surface area contributed by atoms with Crippen molar-refractivity contribution in [1.82, 2.24) is 20.2 Å². The van der Waals surface area contributed by atoms with E-state index in [4.69, 9.17) is 10.5 Å². The number of hydrogen-bond donors (Lipinski definition) is 3. The van der Waals surface area contributed by atoms with Gasteiger partial charge < -0.3 is 25.7 Å². The van der Waals surface area contributed by atoms with E-state index in [0.717, 1.165) is 0 Å². The molecule has 122 valence electrons. The Morgan fingerprint density at radius 3 is 2.77 bits per heavy atom. The fourth-order valence-electron chi connectivity index (χ4n) is 2.55. The summed E-state index contributed by atoms with van der Waals surface area (Å²) in [6.07, 6.45) is 6.29. The lowest BCUT2D eigenvalue weighted by atomic mass is 9.79. The van der Waals surface area contributed by atoms with E-state index in [1.54, 1.807) is 12.5 Å². The summed E-state index contributed by atoms with van der Waals surface area (Å²) in [6, 6.07) is -0.367. The second kappa shape index (κ2) is 7.26. The molecular formula is C14H23N5O3. The molecule has 1 aromatic heterocycles. The van der Waals surface area contributed by atoms with Gasteiger partial charge in [-0.1, -0.05) is 0 Å². The third-order valence-electron chi connectivity index (χ3n) is 3.98. The van der Waals surface area contributed by atoms with Gasteiger partial charge in [0.1, 0.15) is 0 Å². The number of urea groups is 1. The number of carbonyl (C=O) groups excluding carboxylic acids is 2. The third-order valence-corrected chi connectivity index (χ3v) is 3.98. The number of ether oxygens (including phenoxy) is 1. The largest absolute Gasteiger partial charge is 0.381 e. The summed E-state index contributed by atoms with van der Waals surface area (Å²) in [5, 5.41) is 5.59. The van der Waals surface area contributed by atoms with Crippen LogP contribution in [-0.2, 0) is 16.1 Å². The van der Waals surface area contributed by atoms with Crippen LogP contribution in [-0.4, -0.2) is 47.3 Å². The molecule has 4 N–H and O–H groups in total. The average molecular weight is 309 g/mol. The Kier molecular flexibility index (Phi) is 5.37. The molecule has 2 rings (SSSR count). The molecule has 1 saturated heterocycles. The SMILES string of the molecule is C[C@H](Cn1ccnc1)NC(=O)NCC1(C(N)=O)CCOCC1. The Labute approximate surface area is 129 Å². The van der Waals surface area contributed by atoms with E-state index in [2.05, 4.69) is 15.6 Å². The van der Waals surface area contributed by atoms with Crippen LogP contribution < -0.4 is 16.4 Å². The van der Waals surface area contributed by atoms with E-state index >= 15 is 0 Å². The zero-order valence-corrected chi connectivity index (χ0v) is 12.7. The number of imidazole rings is 1. The quantitative estimate of drug-likeness (QED) is 0.678. The minimum Gasteiger partial charge on any atom is -0.381 e. The van der Waals surface area contributed by atoms with E-state index in [9.17, 15) is 9.59 Å². The fourth-order valence-corrected chi connectivity index (χ4v) is 2.55. The first-order chi connectivity index (χ1) is 10.5. The number of nitrogens with two attached hydrogens (primary N) is 1. The maximum absolute atomic E-state index is 12.0. The van der Waals surface area contributed by atoms with E-state index in [0.29, 0.717) is 32.6 Å². The Morgan fingerprint density at radius 2 is 2.18 bits per heavy atom. The molecule has 0 unspecified atom stereocenters. The zero-order valence-electron chi connectivity index (χ0n) is 12.7. The average Bonchev–Trinajstić information content (AvgIpc) is 2.98. The predicted molar refractivity (Wildman–Crippen MR) is 79.9 cm³/mol. The second-order valence-corrected chi connectivity index (χ2v) is 5.74. The van der Waals surface area contributed by atoms with Gasteiger partial charge in [-0.25, -0.2) is 9.78 Å². The minimum atomic E-state index is -0.705. The number of nitrogens with one attached hydrogen (secondary N) is 2. The molecule has 8 nitrogen and oxygen atoms in total. The molecule has 3 amide bonds. The lowest BCUT2D eigenvalue weighted by molar-refractivity contribution is -0.132. The van der Waals surface area contributed by atoms with Crippen molar-refractivity contribution in [2.75, 3.05) is 19.8 Å². The molecule has 1 aliphatic rings. The molecule has 0 spiro atoms. The first-order valence-electron chi connectivity index (χ1n) is 7.40. The molecule has 22 heavy (non-hydrogen) atoms. The van der Waals surface area contributed by atoms with Crippen molar-refractivity contribution < 1.29 is 14.3 Å². The molecule has 8 heteroatoms. The van der Waals surface area contributed by atoms with Gasteiger partial charge in [-0.15, -0.1) is 0 Å². The van der Waals surface area contributed by atoms with Crippen LogP contribution in [0.15, 0.2) is 18.7 Å². The summed E-state index contributed by atoms with van der Waals surface area (Å²) in [6.45, 7) is 3.74. The van der Waals surface area contributed by atoms with Crippen LogP contribution in [0.3, 0.4) is 0 Å². The van der Waals surface area contributed by atoms with Crippen molar-refractivity contribution in [3.8, 4) is 0 Å². The number of primary amides is 1. The van der Waals surface area contributed by atoms with Gasteiger partial charge in [-0.2, -0.15) is 0 Å². The highest BCUT2D eigenvalue weighted by Crippen LogP contribution is 2.29. The van der Waals surface area contributed by atoms with Crippen LogP contribution in [0.4, 0.5) is 4.79 Å².